The molecule has 2 aromatic heterocycles. The van der Waals surface area contributed by atoms with E-state index in [0.29, 0.717) is 36.2 Å². The molecular formula is C26H34N7O7P. The second kappa shape index (κ2) is 13.3. The summed E-state index contributed by atoms with van der Waals surface area (Å²) in [7, 11) is -1.39. The monoisotopic (exact) mass is 587 g/mol. The minimum Gasteiger partial charge on any atom is -0.479 e. The number of fused-ring (bicyclic) bond motifs is 1. The van der Waals surface area contributed by atoms with Gasteiger partial charge in [0.05, 0.1) is 39.3 Å². The fourth-order valence-electron chi connectivity index (χ4n) is 4.63. The average molecular weight is 588 g/mol. The Morgan fingerprint density at radius 1 is 1.29 bits per heavy atom. The minimum absolute atomic E-state index is 0.0120. The van der Waals surface area contributed by atoms with Gasteiger partial charge < -0.3 is 24.5 Å². The maximum atomic E-state index is 14.0. The lowest BCUT2D eigenvalue weighted by atomic mass is 9.98. The Balaban J connectivity index is 1.57. The Morgan fingerprint density at radius 2 is 2.05 bits per heavy atom. The van der Waals surface area contributed by atoms with Crippen LogP contribution in [0.25, 0.3) is 11.2 Å². The zero-order valence-electron chi connectivity index (χ0n) is 23.3. The van der Waals surface area contributed by atoms with Gasteiger partial charge in [0.25, 0.3) is 0 Å². The van der Waals surface area contributed by atoms with Crippen LogP contribution in [0.1, 0.15) is 39.3 Å². The molecule has 1 saturated heterocycles. The zero-order valence-corrected chi connectivity index (χ0v) is 24.2. The third kappa shape index (κ3) is 7.12. The number of imidazole rings is 1. The predicted octanol–water partition coefficient (Wildman–Crippen LogP) is 3.62. The molecule has 0 spiro atoms. The number of esters is 1. The number of aromatic nitrogens is 4. The van der Waals surface area contributed by atoms with Crippen molar-refractivity contribution in [1.29, 1.82) is 5.26 Å². The first-order valence-electron chi connectivity index (χ1n) is 13.1. The molecule has 4 rings (SSSR count). The summed E-state index contributed by atoms with van der Waals surface area (Å²) < 4.78 is 43.9. The molecule has 5 unspecified atom stereocenters. The summed E-state index contributed by atoms with van der Waals surface area (Å²) in [6.45, 7) is 3.44. The van der Waals surface area contributed by atoms with Gasteiger partial charge in [0.15, 0.2) is 11.2 Å². The van der Waals surface area contributed by atoms with Crippen molar-refractivity contribution in [2.45, 2.75) is 51.5 Å². The molecule has 1 aliphatic heterocycles. The van der Waals surface area contributed by atoms with E-state index in [-0.39, 0.29) is 30.3 Å². The highest BCUT2D eigenvalue weighted by Gasteiger charge is 2.41. The van der Waals surface area contributed by atoms with Crippen LogP contribution < -0.4 is 20.1 Å². The zero-order chi connectivity index (χ0) is 29.6. The van der Waals surface area contributed by atoms with Crippen molar-refractivity contribution in [1.82, 2.24) is 24.6 Å². The maximum absolute atomic E-state index is 14.0. The number of ether oxygens (including phenoxy) is 3. The van der Waals surface area contributed by atoms with E-state index >= 15 is 0 Å². The molecule has 0 bridgehead atoms. The lowest BCUT2D eigenvalue weighted by Gasteiger charge is -2.27. The molecule has 14 nitrogen and oxygen atoms in total. The molecule has 3 aromatic rings. The van der Waals surface area contributed by atoms with Crippen molar-refractivity contribution in [3.8, 4) is 17.7 Å². The normalized spacial score (nSPS) is 20.8. The van der Waals surface area contributed by atoms with Gasteiger partial charge >= 0.3 is 13.7 Å². The Morgan fingerprint density at radius 3 is 2.71 bits per heavy atom. The lowest BCUT2D eigenvalue weighted by Crippen LogP contribution is -2.41. The number of nitriles is 1. The van der Waals surface area contributed by atoms with E-state index in [0.717, 1.165) is 0 Å². The minimum atomic E-state index is -4.10. The van der Waals surface area contributed by atoms with Crippen LogP contribution in [0.5, 0.6) is 11.6 Å². The lowest BCUT2D eigenvalue weighted by molar-refractivity contribution is -0.143. The van der Waals surface area contributed by atoms with Crippen LogP contribution in [0.2, 0.25) is 0 Å². The van der Waals surface area contributed by atoms with Crippen LogP contribution in [0.4, 0.5) is 5.95 Å². The van der Waals surface area contributed by atoms with Crippen LogP contribution in [0.15, 0.2) is 36.7 Å². The van der Waals surface area contributed by atoms with E-state index < -0.39 is 32.1 Å². The fraction of sp³-hybridized carbons (Fsp3) is 0.500. The second-order valence-corrected chi connectivity index (χ2v) is 11.5. The molecule has 1 fully saturated rings. The number of nitrogens with two attached hydrogens (primary N) is 1. The van der Waals surface area contributed by atoms with Gasteiger partial charge in [0.2, 0.25) is 11.8 Å². The highest BCUT2D eigenvalue weighted by atomic mass is 31.2. The van der Waals surface area contributed by atoms with Gasteiger partial charge in [0, 0.05) is 12.3 Å². The van der Waals surface area contributed by atoms with Crippen molar-refractivity contribution in [3.63, 3.8) is 0 Å². The van der Waals surface area contributed by atoms with Crippen molar-refractivity contribution in [3.05, 3.63) is 36.7 Å². The molecule has 3 N–H and O–H groups in total. The molecule has 0 saturated carbocycles. The summed E-state index contributed by atoms with van der Waals surface area (Å²) >= 11 is 0. The predicted molar refractivity (Wildman–Crippen MR) is 148 cm³/mol. The standard InChI is InChI=1S/C26H34N7O7P/c1-16(2)20(25(34)37-4)32-41(35,40-18-10-6-5-7-11-18)38-14-19-13-17(9-8-12-27)24(39-19)33-15-29-21-22(33)30-26(28)31-23(21)36-3/h5-7,10-11,15-17,19-20,24H,8-9,13-14H2,1-4H3,(H,32,35)(H2,28,30,31). The molecule has 3 heterocycles. The number of para-hydroxylation sites is 1. The molecular weight excluding hydrogens is 553 g/mol. The maximum Gasteiger partial charge on any atom is 0.459 e. The molecule has 1 aromatic carbocycles. The van der Waals surface area contributed by atoms with Gasteiger partial charge in [-0.05, 0) is 30.9 Å². The van der Waals surface area contributed by atoms with Gasteiger partial charge in [-0.25, -0.2) is 9.55 Å². The number of rotatable bonds is 13. The van der Waals surface area contributed by atoms with Crippen LogP contribution in [0, 0.1) is 23.2 Å². The van der Waals surface area contributed by atoms with Gasteiger partial charge in [-0.1, -0.05) is 32.0 Å². The van der Waals surface area contributed by atoms with Crippen LogP contribution in [-0.2, 0) is 23.4 Å². The highest BCUT2D eigenvalue weighted by molar-refractivity contribution is 7.52. The summed E-state index contributed by atoms with van der Waals surface area (Å²) in [6.07, 6.45) is 1.78. The number of hydrogen-bond donors (Lipinski definition) is 2. The topological polar surface area (TPSA) is 186 Å². The van der Waals surface area contributed by atoms with Crippen molar-refractivity contribution in [2.75, 3.05) is 26.6 Å². The molecule has 5 atom stereocenters. The first-order chi connectivity index (χ1) is 19.7. The number of carbonyl (C=O) groups excluding carboxylic acids is 1. The van der Waals surface area contributed by atoms with Crippen molar-refractivity contribution >= 4 is 30.8 Å². The number of benzene rings is 1. The van der Waals surface area contributed by atoms with Crippen LogP contribution in [-0.4, -0.2) is 58.5 Å². The number of methoxy groups -OCH3 is 2. The first kappa shape index (κ1) is 30.2. The second-order valence-electron chi connectivity index (χ2n) is 9.83. The molecule has 0 aliphatic carbocycles. The van der Waals surface area contributed by atoms with Gasteiger partial charge in [0.1, 0.15) is 18.0 Å². The molecule has 220 valence electrons. The molecule has 0 amide bonds. The fourth-order valence-corrected chi connectivity index (χ4v) is 6.31. The largest absolute Gasteiger partial charge is 0.479 e. The highest BCUT2D eigenvalue weighted by Crippen LogP contribution is 2.47. The molecule has 15 heteroatoms. The number of nitrogens with zero attached hydrogens (tertiary/aromatic N) is 5. The SMILES string of the molecule is COC(=O)C(NP(=O)(OCC1CC(CCC#N)C(n2cnc3c(OC)nc(N)nc32)O1)Oc1ccccc1)C(C)C. The molecule has 1 aliphatic rings. The third-order valence-electron chi connectivity index (χ3n) is 6.62. The number of carbonyl (C=O) groups is 1. The van der Waals surface area contributed by atoms with E-state index in [9.17, 15) is 14.6 Å². The van der Waals surface area contributed by atoms with E-state index in [4.69, 9.17) is 29.0 Å². The number of nitrogens with one attached hydrogen (secondary N) is 1. The Bertz CT molecular complexity index is 1430. The third-order valence-corrected chi connectivity index (χ3v) is 8.15. The van der Waals surface area contributed by atoms with Crippen LogP contribution in [0.3, 0.4) is 0 Å². The van der Waals surface area contributed by atoms with Gasteiger partial charge in [-0.15, -0.1) is 0 Å². The van der Waals surface area contributed by atoms with E-state index in [1.807, 2.05) is 0 Å². The summed E-state index contributed by atoms with van der Waals surface area (Å²) in [4.78, 5) is 25.2. The van der Waals surface area contributed by atoms with E-state index in [1.165, 1.54) is 14.2 Å². The quantitative estimate of drug-likeness (QED) is 0.218. The smallest absolute Gasteiger partial charge is 0.459 e. The van der Waals surface area contributed by atoms with Crippen LogP contribution >= 0.6 is 7.75 Å². The van der Waals surface area contributed by atoms with E-state index in [2.05, 4.69) is 26.1 Å². The number of anilines is 1. The summed E-state index contributed by atoms with van der Waals surface area (Å²) in [6, 6.07) is 9.73. The van der Waals surface area contributed by atoms with Gasteiger partial charge in [-0.2, -0.15) is 20.3 Å². The number of hydrogen-bond acceptors (Lipinski definition) is 12. The van der Waals surface area contributed by atoms with Crippen molar-refractivity contribution in [2.24, 2.45) is 11.8 Å². The first-order valence-corrected chi connectivity index (χ1v) is 14.6. The summed E-state index contributed by atoms with van der Waals surface area (Å²) in [5.41, 5.74) is 6.72. The molecule has 41 heavy (non-hydrogen) atoms. The van der Waals surface area contributed by atoms with Gasteiger partial charge in [-0.3, -0.25) is 13.9 Å². The summed E-state index contributed by atoms with van der Waals surface area (Å²) in [5, 5.41) is 12.0. The Labute approximate surface area is 237 Å². The number of nitrogen functional groups attached to an aromatic ring is 1. The Hall–Kier alpha value is -3.76. The van der Waals surface area contributed by atoms with E-state index in [1.54, 1.807) is 55.1 Å². The Kier molecular flexibility index (Phi) is 9.77. The van der Waals surface area contributed by atoms with Crippen molar-refractivity contribution < 1.29 is 32.6 Å². The average Bonchev–Trinajstić information content (AvgIpc) is 3.57. The summed E-state index contributed by atoms with van der Waals surface area (Å²) in [5.74, 6) is -0.460. The molecule has 0 radical (unpaired) electrons.